The Bertz CT molecular complexity index is 3810. The first-order valence-corrected chi connectivity index (χ1v) is 24.1. The highest BCUT2D eigenvalue weighted by atomic mass is 32.2. The van der Waals surface area contributed by atoms with Crippen LogP contribution in [0.5, 0.6) is 0 Å². The Morgan fingerprint density at radius 2 is 1.00 bits per heavy atom. The van der Waals surface area contributed by atoms with E-state index >= 15 is 0 Å². The molecule has 14 rings (SSSR count). The van der Waals surface area contributed by atoms with Gasteiger partial charge in [0.05, 0.1) is 11.0 Å². The van der Waals surface area contributed by atoms with Crippen LogP contribution in [-0.4, -0.2) is 11.3 Å². The van der Waals surface area contributed by atoms with E-state index in [1.54, 1.807) is 0 Å². The van der Waals surface area contributed by atoms with E-state index in [2.05, 4.69) is 223 Å². The average molecular weight is 860 g/mol. The maximum atomic E-state index is 2.56. The molecule has 1 aliphatic carbocycles. The van der Waals surface area contributed by atoms with Crippen LogP contribution in [0.15, 0.2) is 243 Å². The molecule has 302 valence electrons. The number of hydrogen-bond acceptors (Lipinski definition) is 2. The molecule has 3 heterocycles. The minimum absolute atomic E-state index is 0.153. The lowest BCUT2D eigenvalue weighted by Gasteiger charge is -2.34. The van der Waals surface area contributed by atoms with Crippen LogP contribution >= 0.6 is 23.5 Å². The molecule has 0 amide bonds. The van der Waals surface area contributed by atoms with Gasteiger partial charge in [0.15, 0.2) is 0 Å². The highest BCUT2D eigenvalue weighted by molar-refractivity contribution is 8.05. The summed E-state index contributed by atoms with van der Waals surface area (Å²) >= 11 is 3.90. The van der Waals surface area contributed by atoms with Gasteiger partial charge < -0.3 is 4.57 Å². The molecule has 1 nitrogen and oxygen atoms in total. The van der Waals surface area contributed by atoms with Gasteiger partial charge in [0.2, 0.25) is 6.71 Å². The van der Waals surface area contributed by atoms with E-state index in [-0.39, 0.29) is 6.71 Å². The zero-order valence-electron chi connectivity index (χ0n) is 35.3. The average Bonchev–Trinajstić information content (AvgIpc) is 3.60. The Balaban J connectivity index is 0.945. The number of nitrogens with zero attached hydrogens (tertiary/aromatic N) is 1. The number of para-hydroxylation sites is 2. The molecule has 1 aromatic heterocycles. The number of allylic oxidation sites excluding steroid dienone is 4. The summed E-state index contributed by atoms with van der Waals surface area (Å²) in [5.41, 5.74) is 15.6. The fraction of sp³-hybridized carbons (Fsp3) is 0.0164. The van der Waals surface area contributed by atoms with Gasteiger partial charge in [0.25, 0.3) is 0 Å². The van der Waals surface area contributed by atoms with E-state index in [1.165, 1.54) is 129 Å². The van der Waals surface area contributed by atoms with Gasteiger partial charge in [-0.1, -0.05) is 216 Å². The molecular weight excluding hydrogens is 822 g/mol. The van der Waals surface area contributed by atoms with E-state index in [0.29, 0.717) is 0 Å². The fourth-order valence-electron chi connectivity index (χ4n) is 11.2. The molecule has 11 aromatic rings. The number of benzene rings is 10. The molecule has 2 aliphatic heterocycles. The highest BCUT2D eigenvalue weighted by Gasteiger charge is 2.40. The number of thioether (sulfide) groups is 2. The standard InChI is InChI=1S/C61H38BNS2/c1-2-16-43-38(14-1)15-13-23-44(43)39-28-30-40(31-29-39)59-47-19-3-5-21-49(47)60(50-22-6-4-20-48(50)59)41-32-35-56-61-58(36-41)65-57-37-42(33-34-52(57)62(61)51-24-9-12-27-55(51)64-56)63-53-25-10-7-17-45(53)46-18-8-11-26-54(46)63/h1-31,33-37H,32H2. The van der Waals surface area contributed by atoms with Gasteiger partial charge >= 0.3 is 0 Å². The third-order valence-electron chi connectivity index (χ3n) is 14.0. The first-order valence-electron chi connectivity index (χ1n) is 22.5. The van der Waals surface area contributed by atoms with Crippen LogP contribution in [-0.2, 0) is 0 Å². The molecule has 0 fully saturated rings. The summed E-state index contributed by atoms with van der Waals surface area (Å²) < 4.78 is 2.46. The summed E-state index contributed by atoms with van der Waals surface area (Å²) in [6, 6.07) is 76.8. The van der Waals surface area contributed by atoms with Crippen molar-refractivity contribution in [3.63, 3.8) is 0 Å². The zero-order chi connectivity index (χ0) is 42.6. The van der Waals surface area contributed by atoms with Crippen LogP contribution in [0.3, 0.4) is 0 Å². The maximum absolute atomic E-state index is 2.56. The summed E-state index contributed by atoms with van der Waals surface area (Å²) in [5.74, 6) is 0. The number of hydrogen-bond donors (Lipinski definition) is 0. The normalized spacial score (nSPS) is 14.4. The molecule has 0 radical (unpaired) electrons. The lowest BCUT2D eigenvalue weighted by Crippen LogP contribution is -2.49. The van der Waals surface area contributed by atoms with Gasteiger partial charge in [-0.25, -0.2) is 0 Å². The molecular formula is C61H38BNS2. The van der Waals surface area contributed by atoms with Crippen LogP contribution in [0.1, 0.15) is 12.0 Å². The van der Waals surface area contributed by atoms with Gasteiger partial charge in [0, 0.05) is 36.1 Å². The van der Waals surface area contributed by atoms with Crippen LogP contribution in [0.2, 0.25) is 0 Å². The van der Waals surface area contributed by atoms with Gasteiger partial charge in [-0.2, -0.15) is 0 Å². The van der Waals surface area contributed by atoms with Crippen molar-refractivity contribution >= 4 is 101 Å². The molecule has 10 aromatic carbocycles. The lowest BCUT2D eigenvalue weighted by molar-refractivity contribution is 1.17. The van der Waals surface area contributed by atoms with Crippen LogP contribution in [0.25, 0.3) is 87.6 Å². The Hall–Kier alpha value is -7.24. The van der Waals surface area contributed by atoms with Crippen LogP contribution in [0.4, 0.5) is 0 Å². The summed E-state index contributed by atoms with van der Waals surface area (Å²) in [6.07, 6.45) is 5.94. The van der Waals surface area contributed by atoms with E-state index in [1.807, 2.05) is 23.5 Å². The predicted octanol–water partition coefficient (Wildman–Crippen LogP) is 15.6. The Kier molecular flexibility index (Phi) is 8.38. The first kappa shape index (κ1) is 37.2. The number of fused-ring (bicyclic) bond motifs is 10. The number of rotatable bonds is 4. The van der Waals surface area contributed by atoms with Crippen molar-refractivity contribution < 1.29 is 0 Å². The first-order chi connectivity index (χ1) is 32.2. The fourth-order valence-corrected chi connectivity index (χ4v) is 13.7. The van der Waals surface area contributed by atoms with Crippen molar-refractivity contribution in [2.45, 2.75) is 16.2 Å². The number of aromatic nitrogens is 1. The zero-order valence-corrected chi connectivity index (χ0v) is 37.0. The van der Waals surface area contributed by atoms with Crippen LogP contribution < -0.4 is 10.9 Å². The molecule has 0 atom stereocenters. The molecule has 65 heavy (non-hydrogen) atoms. The van der Waals surface area contributed by atoms with Gasteiger partial charge in [0.1, 0.15) is 0 Å². The molecule has 0 N–H and O–H groups in total. The largest absolute Gasteiger partial charge is 0.309 e. The predicted molar refractivity (Wildman–Crippen MR) is 281 cm³/mol. The molecule has 3 aliphatic rings. The van der Waals surface area contributed by atoms with E-state index in [9.17, 15) is 0 Å². The van der Waals surface area contributed by atoms with E-state index in [4.69, 9.17) is 0 Å². The van der Waals surface area contributed by atoms with Gasteiger partial charge in [-0.05, 0) is 114 Å². The molecule has 0 saturated heterocycles. The second-order valence-electron chi connectivity index (χ2n) is 17.4. The molecule has 4 heteroatoms. The van der Waals surface area contributed by atoms with Crippen LogP contribution in [0, 0.1) is 0 Å². The maximum Gasteiger partial charge on any atom is 0.247 e. The van der Waals surface area contributed by atoms with Crippen molar-refractivity contribution in [2.24, 2.45) is 0 Å². The van der Waals surface area contributed by atoms with Gasteiger partial charge in [-0.3, -0.25) is 0 Å². The summed E-state index contributed by atoms with van der Waals surface area (Å²) in [4.78, 5) is 5.41. The van der Waals surface area contributed by atoms with Crippen molar-refractivity contribution in [1.82, 2.24) is 4.57 Å². The quantitative estimate of drug-likeness (QED) is 0.128. The van der Waals surface area contributed by atoms with Gasteiger partial charge in [-0.15, -0.1) is 0 Å². The Morgan fingerprint density at radius 3 is 1.72 bits per heavy atom. The topological polar surface area (TPSA) is 4.93 Å². The minimum atomic E-state index is 0.153. The van der Waals surface area contributed by atoms with Crippen molar-refractivity contribution in [2.75, 3.05) is 0 Å². The van der Waals surface area contributed by atoms with Crippen molar-refractivity contribution in [3.05, 3.63) is 239 Å². The molecule has 0 bridgehead atoms. The second kappa shape index (κ2) is 14.7. The third-order valence-corrected chi connectivity index (χ3v) is 16.3. The summed E-state index contributed by atoms with van der Waals surface area (Å²) in [5, 5.41) is 10.3. The second-order valence-corrected chi connectivity index (χ2v) is 19.6. The molecule has 0 spiro atoms. The minimum Gasteiger partial charge on any atom is -0.309 e. The lowest BCUT2D eigenvalue weighted by atomic mass is 9.35. The van der Waals surface area contributed by atoms with Crippen molar-refractivity contribution in [1.29, 1.82) is 0 Å². The third kappa shape index (κ3) is 5.70. The molecule has 0 unspecified atom stereocenters. The Labute approximate surface area is 386 Å². The van der Waals surface area contributed by atoms with Crippen molar-refractivity contribution in [3.8, 4) is 27.9 Å². The SMILES string of the molecule is C1=C2Sc3ccccc3B3C2=C(C=C(c2c4ccccc4c(-c4ccc(-c5cccc6ccccc56)cc4)c4ccccc24)C1)Sc1cc(-n2c4ccccc4c4ccccc42)ccc13. The van der Waals surface area contributed by atoms with E-state index < -0.39 is 0 Å². The smallest absolute Gasteiger partial charge is 0.247 e. The molecule has 0 saturated carbocycles. The summed E-state index contributed by atoms with van der Waals surface area (Å²) in [7, 11) is 0. The monoisotopic (exact) mass is 859 g/mol. The summed E-state index contributed by atoms with van der Waals surface area (Å²) in [6.45, 7) is 0.153. The van der Waals surface area contributed by atoms with E-state index in [0.717, 1.165) is 6.42 Å². The highest BCUT2D eigenvalue weighted by Crippen LogP contribution is 2.51. The Morgan fingerprint density at radius 1 is 0.431 bits per heavy atom.